The molecule has 19 heavy (non-hydrogen) atoms. The molecule has 0 fully saturated rings. The summed E-state index contributed by atoms with van der Waals surface area (Å²) >= 11 is 0. The maximum atomic E-state index is 12.0. The Kier molecular flexibility index (Phi) is 2.71. The first-order valence-electron chi connectivity index (χ1n) is 6.35. The highest BCUT2D eigenvalue weighted by molar-refractivity contribution is 6.34. The van der Waals surface area contributed by atoms with Crippen molar-refractivity contribution in [3.8, 4) is 0 Å². The Labute approximate surface area is 112 Å². The number of fused-ring (bicyclic) bond motifs is 1. The molecule has 2 aromatic rings. The van der Waals surface area contributed by atoms with Crippen LogP contribution in [0.3, 0.4) is 0 Å². The van der Waals surface area contributed by atoms with Crippen LogP contribution >= 0.6 is 0 Å². The van der Waals surface area contributed by atoms with Crippen molar-refractivity contribution in [1.29, 1.82) is 0 Å². The lowest BCUT2D eigenvalue weighted by Gasteiger charge is -2.02. The minimum atomic E-state index is -0.0283. The number of hydrogen-bond acceptors (Lipinski definition) is 1. The third-order valence-electron chi connectivity index (χ3n) is 3.55. The summed E-state index contributed by atoms with van der Waals surface area (Å²) in [6.07, 6.45) is 1.95. The second kappa shape index (κ2) is 4.39. The summed E-state index contributed by atoms with van der Waals surface area (Å²) in [5, 5.41) is 2.89. The molecule has 0 unspecified atom stereocenters. The first kappa shape index (κ1) is 11.7. The molecule has 0 aromatic heterocycles. The van der Waals surface area contributed by atoms with Gasteiger partial charge in [-0.15, -0.1) is 0 Å². The molecule has 2 heteroatoms. The Hall–Kier alpha value is -2.35. The van der Waals surface area contributed by atoms with E-state index in [9.17, 15) is 4.79 Å². The van der Waals surface area contributed by atoms with Crippen molar-refractivity contribution in [1.82, 2.24) is 0 Å². The number of amides is 1. The molecule has 1 amide bonds. The van der Waals surface area contributed by atoms with E-state index in [1.165, 1.54) is 11.1 Å². The molecule has 94 valence electrons. The monoisotopic (exact) mass is 249 g/mol. The van der Waals surface area contributed by atoms with E-state index in [2.05, 4.69) is 31.3 Å². The third kappa shape index (κ3) is 2.06. The van der Waals surface area contributed by atoms with Crippen LogP contribution in [0.5, 0.6) is 0 Å². The third-order valence-corrected chi connectivity index (χ3v) is 3.55. The van der Waals surface area contributed by atoms with Crippen LogP contribution in [0, 0.1) is 13.8 Å². The summed E-state index contributed by atoms with van der Waals surface area (Å²) in [7, 11) is 0. The van der Waals surface area contributed by atoms with Gasteiger partial charge in [-0.05, 0) is 42.7 Å². The quantitative estimate of drug-likeness (QED) is 0.765. The van der Waals surface area contributed by atoms with Crippen molar-refractivity contribution in [3.05, 3.63) is 64.7 Å². The molecule has 3 rings (SSSR count). The van der Waals surface area contributed by atoms with Crippen molar-refractivity contribution >= 4 is 23.2 Å². The number of hydrogen-bond donors (Lipinski definition) is 1. The van der Waals surface area contributed by atoms with E-state index in [-0.39, 0.29) is 5.91 Å². The molecule has 1 aliphatic rings. The molecule has 0 aliphatic carbocycles. The van der Waals surface area contributed by atoms with Crippen molar-refractivity contribution < 1.29 is 4.79 Å². The van der Waals surface area contributed by atoms with E-state index >= 15 is 0 Å². The molecule has 2 aromatic carbocycles. The number of benzene rings is 2. The molecular formula is C17H15NO. The molecular weight excluding hydrogens is 234 g/mol. The van der Waals surface area contributed by atoms with Crippen LogP contribution < -0.4 is 5.32 Å². The summed E-state index contributed by atoms with van der Waals surface area (Å²) in [4.78, 5) is 12.0. The second-order valence-corrected chi connectivity index (χ2v) is 4.90. The molecule has 0 radical (unpaired) electrons. The van der Waals surface area contributed by atoms with E-state index in [0.717, 1.165) is 22.4 Å². The summed E-state index contributed by atoms with van der Waals surface area (Å²) in [6, 6.07) is 14.0. The van der Waals surface area contributed by atoms with Gasteiger partial charge in [-0.2, -0.15) is 0 Å². The SMILES string of the molecule is Cc1ccc(C=C2C(=O)Nc3ccccc32)cc1C. The van der Waals surface area contributed by atoms with Crippen LogP contribution in [-0.4, -0.2) is 5.91 Å². The number of carbonyl (C=O) groups is 1. The summed E-state index contributed by atoms with van der Waals surface area (Å²) < 4.78 is 0. The first-order valence-corrected chi connectivity index (χ1v) is 6.35. The largest absolute Gasteiger partial charge is 0.321 e. The van der Waals surface area contributed by atoms with Gasteiger partial charge < -0.3 is 5.32 Å². The molecule has 0 saturated heterocycles. The summed E-state index contributed by atoms with van der Waals surface area (Å²) in [6.45, 7) is 4.17. The van der Waals surface area contributed by atoms with E-state index in [4.69, 9.17) is 0 Å². The van der Waals surface area contributed by atoms with Crippen LogP contribution in [0.2, 0.25) is 0 Å². The topological polar surface area (TPSA) is 29.1 Å². The highest BCUT2D eigenvalue weighted by Gasteiger charge is 2.23. The Bertz CT molecular complexity index is 698. The van der Waals surface area contributed by atoms with Crippen LogP contribution in [-0.2, 0) is 4.79 Å². The van der Waals surface area contributed by atoms with Crippen LogP contribution in [0.15, 0.2) is 42.5 Å². The number of para-hydroxylation sites is 1. The van der Waals surface area contributed by atoms with Crippen LogP contribution in [0.1, 0.15) is 22.3 Å². The fourth-order valence-electron chi connectivity index (χ4n) is 2.30. The highest BCUT2D eigenvalue weighted by atomic mass is 16.1. The summed E-state index contributed by atoms with van der Waals surface area (Å²) in [5.41, 5.74) is 6.16. The highest BCUT2D eigenvalue weighted by Crippen LogP contribution is 2.32. The molecule has 0 atom stereocenters. The first-order chi connectivity index (χ1) is 9.15. The Morgan fingerprint density at radius 2 is 1.79 bits per heavy atom. The predicted molar refractivity (Wildman–Crippen MR) is 78.9 cm³/mol. The van der Waals surface area contributed by atoms with Crippen molar-refractivity contribution in [2.75, 3.05) is 5.32 Å². The van der Waals surface area contributed by atoms with Gasteiger partial charge in [0.05, 0.1) is 0 Å². The lowest BCUT2D eigenvalue weighted by atomic mass is 10.0. The molecule has 0 spiro atoms. The number of nitrogens with one attached hydrogen (secondary N) is 1. The number of anilines is 1. The standard InChI is InChI=1S/C17H15NO/c1-11-7-8-13(9-12(11)2)10-15-14-5-3-4-6-16(14)18-17(15)19/h3-10H,1-2H3,(H,18,19). The predicted octanol–water partition coefficient (Wildman–Crippen LogP) is 3.80. The van der Waals surface area contributed by atoms with Crippen molar-refractivity contribution in [3.63, 3.8) is 0 Å². The maximum Gasteiger partial charge on any atom is 0.256 e. The molecule has 1 heterocycles. The zero-order valence-electron chi connectivity index (χ0n) is 11.0. The fraction of sp³-hybridized carbons (Fsp3) is 0.118. The lowest BCUT2D eigenvalue weighted by molar-refractivity contribution is -0.110. The minimum absolute atomic E-state index is 0.0283. The van der Waals surface area contributed by atoms with Gasteiger partial charge in [-0.3, -0.25) is 4.79 Å². The second-order valence-electron chi connectivity index (χ2n) is 4.90. The normalized spacial score (nSPS) is 15.5. The van der Waals surface area contributed by atoms with Gasteiger partial charge in [0.1, 0.15) is 0 Å². The van der Waals surface area contributed by atoms with Gasteiger partial charge in [-0.1, -0.05) is 36.4 Å². The van der Waals surface area contributed by atoms with E-state index in [1.807, 2.05) is 36.4 Å². The van der Waals surface area contributed by atoms with Gasteiger partial charge in [-0.25, -0.2) is 0 Å². The average Bonchev–Trinajstić information content (AvgIpc) is 2.71. The van der Waals surface area contributed by atoms with Gasteiger partial charge in [0.25, 0.3) is 5.91 Å². The van der Waals surface area contributed by atoms with E-state index < -0.39 is 0 Å². The van der Waals surface area contributed by atoms with Gasteiger partial charge in [0.2, 0.25) is 0 Å². The molecule has 0 bridgehead atoms. The number of aryl methyl sites for hydroxylation is 2. The Morgan fingerprint density at radius 3 is 2.58 bits per heavy atom. The lowest BCUT2D eigenvalue weighted by Crippen LogP contribution is -2.03. The fourth-order valence-corrected chi connectivity index (χ4v) is 2.30. The molecule has 2 nitrogen and oxygen atoms in total. The number of carbonyl (C=O) groups excluding carboxylic acids is 1. The van der Waals surface area contributed by atoms with Crippen molar-refractivity contribution in [2.45, 2.75) is 13.8 Å². The van der Waals surface area contributed by atoms with E-state index in [1.54, 1.807) is 0 Å². The summed E-state index contributed by atoms with van der Waals surface area (Å²) in [5.74, 6) is -0.0283. The molecule has 1 N–H and O–H groups in total. The Balaban J connectivity index is 2.08. The zero-order valence-corrected chi connectivity index (χ0v) is 11.0. The van der Waals surface area contributed by atoms with E-state index in [0.29, 0.717) is 0 Å². The van der Waals surface area contributed by atoms with Gasteiger partial charge in [0, 0.05) is 16.8 Å². The molecule has 1 aliphatic heterocycles. The number of rotatable bonds is 1. The van der Waals surface area contributed by atoms with Gasteiger partial charge >= 0.3 is 0 Å². The minimum Gasteiger partial charge on any atom is -0.321 e. The smallest absolute Gasteiger partial charge is 0.256 e. The average molecular weight is 249 g/mol. The van der Waals surface area contributed by atoms with Crippen LogP contribution in [0.25, 0.3) is 11.6 Å². The van der Waals surface area contributed by atoms with Gasteiger partial charge in [0.15, 0.2) is 0 Å². The van der Waals surface area contributed by atoms with Crippen LogP contribution in [0.4, 0.5) is 5.69 Å². The van der Waals surface area contributed by atoms with Crippen molar-refractivity contribution in [2.24, 2.45) is 0 Å². The Morgan fingerprint density at radius 1 is 1.00 bits per heavy atom. The zero-order chi connectivity index (χ0) is 13.4. The molecule has 0 saturated carbocycles. The maximum absolute atomic E-state index is 12.0.